The number of thiophene rings is 1. The highest BCUT2D eigenvalue weighted by molar-refractivity contribution is 7.98. The van der Waals surface area contributed by atoms with Gasteiger partial charge in [-0.3, -0.25) is 4.79 Å². The number of hydrogen-bond acceptors (Lipinski definition) is 5. The highest BCUT2D eigenvalue weighted by atomic mass is 35.5. The largest absolute Gasteiger partial charge is 0.268 e. The van der Waals surface area contributed by atoms with Gasteiger partial charge in [0, 0.05) is 15.7 Å². The number of rotatable bonds is 4. The average Bonchev–Trinajstić information content (AvgIpc) is 3.48. The van der Waals surface area contributed by atoms with Crippen molar-refractivity contribution in [3.63, 3.8) is 0 Å². The zero-order valence-corrected chi connectivity index (χ0v) is 18.8. The fourth-order valence-corrected chi connectivity index (χ4v) is 6.87. The standard InChI is InChI=1S/C23H17ClN4OS2/c24-17-11-5-4-7-14(17)13-30-23-26-25-22-27(15-8-2-1-3-9-15)20(29)19-16-10-6-12-18(16)31-21(19)28(22)23/h1-5,7-9,11H,6,10,12-13H2. The van der Waals surface area contributed by atoms with E-state index in [4.69, 9.17) is 11.6 Å². The Kier molecular flexibility index (Phi) is 4.63. The molecule has 5 aromatic rings. The molecule has 0 spiro atoms. The summed E-state index contributed by atoms with van der Waals surface area (Å²) in [6.07, 6.45) is 3.09. The fourth-order valence-electron chi connectivity index (χ4n) is 4.22. The SMILES string of the molecule is O=c1c2c3c(sc2n2c(SCc4ccccc4Cl)nnc2n1-c1ccccc1)CCC3. The van der Waals surface area contributed by atoms with Crippen LogP contribution in [0.2, 0.25) is 5.02 Å². The number of thioether (sulfide) groups is 1. The fraction of sp³-hybridized carbons (Fsp3) is 0.174. The van der Waals surface area contributed by atoms with Crippen molar-refractivity contribution in [2.24, 2.45) is 0 Å². The lowest BCUT2D eigenvalue weighted by Gasteiger charge is -2.10. The second kappa shape index (κ2) is 7.51. The highest BCUT2D eigenvalue weighted by Gasteiger charge is 2.26. The third-order valence-corrected chi connectivity index (χ3v) is 8.29. The predicted molar refractivity (Wildman–Crippen MR) is 127 cm³/mol. The first-order valence-corrected chi connectivity index (χ1v) is 12.3. The van der Waals surface area contributed by atoms with Crippen molar-refractivity contribution in [2.75, 3.05) is 0 Å². The molecule has 1 aliphatic rings. The summed E-state index contributed by atoms with van der Waals surface area (Å²) in [4.78, 5) is 15.9. The minimum Gasteiger partial charge on any atom is -0.268 e. The molecule has 0 atom stereocenters. The zero-order valence-electron chi connectivity index (χ0n) is 16.4. The molecule has 0 radical (unpaired) electrons. The van der Waals surface area contributed by atoms with E-state index in [1.807, 2.05) is 59.0 Å². The molecule has 2 aromatic carbocycles. The number of benzene rings is 2. The van der Waals surface area contributed by atoms with Gasteiger partial charge < -0.3 is 0 Å². The van der Waals surface area contributed by atoms with E-state index in [0.29, 0.717) is 11.5 Å². The van der Waals surface area contributed by atoms with Crippen molar-refractivity contribution in [2.45, 2.75) is 30.2 Å². The maximum Gasteiger partial charge on any atom is 0.268 e. The van der Waals surface area contributed by atoms with Gasteiger partial charge in [-0.15, -0.1) is 21.5 Å². The van der Waals surface area contributed by atoms with Crippen molar-refractivity contribution in [3.05, 3.63) is 86.0 Å². The maximum absolute atomic E-state index is 13.7. The van der Waals surface area contributed by atoms with E-state index in [-0.39, 0.29) is 5.56 Å². The van der Waals surface area contributed by atoms with Gasteiger partial charge in [0.05, 0.1) is 11.1 Å². The highest BCUT2D eigenvalue weighted by Crippen LogP contribution is 2.38. The van der Waals surface area contributed by atoms with Crippen LogP contribution in [0.3, 0.4) is 0 Å². The van der Waals surface area contributed by atoms with E-state index < -0.39 is 0 Å². The van der Waals surface area contributed by atoms with Gasteiger partial charge >= 0.3 is 0 Å². The lowest BCUT2D eigenvalue weighted by Crippen LogP contribution is -2.21. The number of para-hydroxylation sites is 1. The molecule has 1 aliphatic carbocycles. The summed E-state index contributed by atoms with van der Waals surface area (Å²) in [5.74, 6) is 1.22. The molecule has 0 saturated carbocycles. The number of aryl methyl sites for hydroxylation is 2. The molecule has 0 aliphatic heterocycles. The van der Waals surface area contributed by atoms with Gasteiger partial charge in [-0.05, 0) is 48.6 Å². The normalized spacial score (nSPS) is 13.3. The minimum atomic E-state index is -0.0110. The van der Waals surface area contributed by atoms with Gasteiger partial charge in [0.2, 0.25) is 5.78 Å². The molecule has 8 heteroatoms. The Morgan fingerprint density at radius 3 is 2.68 bits per heavy atom. The molecular weight excluding hydrogens is 448 g/mol. The molecule has 0 unspecified atom stereocenters. The Labute approximate surface area is 191 Å². The van der Waals surface area contributed by atoms with E-state index in [9.17, 15) is 4.79 Å². The number of fused-ring (bicyclic) bond motifs is 5. The van der Waals surface area contributed by atoms with Crippen LogP contribution in [-0.4, -0.2) is 19.2 Å². The summed E-state index contributed by atoms with van der Waals surface area (Å²) in [6, 6.07) is 17.5. The Morgan fingerprint density at radius 2 is 1.84 bits per heavy atom. The van der Waals surface area contributed by atoms with Gasteiger partial charge in [0.15, 0.2) is 5.16 Å². The van der Waals surface area contributed by atoms with Crippen LogP contribution >= 0.6 is 34.7 Å². The lowest BCUT2D eigenvalue weighted by molar-refractivity contribution is 0.910. The molecule has 154 valence electrons. The van der Waals surface area contributed by atoms with Crippen molar-refractivity contribution < 1.29 is 0 Å². The van der Waals surface area contributed by atoms with Crippen molar-refractivity contribution in [3.8, 4) is 5.69 Å². The number of nitrogens with zero attached hydrogens (tertiary/aromatic N) is 4. The van der Waals surface area contributed by atoms with E-state index in [1.165, 1.54) is 10.4 Å². The number of halogens is 1. The van der Waals surface area contributed by atoms with Crippen molar-refractivity contribution in [1.82, 2.24) is 19.2 Å². The van der Waals surface area contributed by atoms with Crippen LogP contribution in [0.5, 0.6) is 0 Å². The lowest BCUT2D eigenvalue weighted by atomic mass is 10.2. The predicted octanol–water partition coefficient (Wildman–Crippen LogP) is 5.53. The van der Waals surface area contributed by atoms with Crippen LogP contribution < -0.4 is 5.56 Å². The summed E-state index contributed by atoms with van der Waals surface area (Å²) in [5, 5.41) is 11.3. The zero-order chi connectivity index (χ0) is 20.9. The molecule has 0 N–H and O–H groups in total. The van der Waals surface area contributed by atoms with Crippen molar-refractivity contribution in [1.29, 1.82) is 0 Å². The Balaban J connectivity index is 1.60. The third-order valence-electron chi connectivity index (χ3n) is 5.67. The van der Waals surface area contributed by atoms with Gasteiger partial charge in [-0.25, -0.2) is 8.97 Å². The van der Waals surface area contributed by atoms with Crippen molar-refractivity contribution >= 4 is 50.7 Å². The van der Waals surface area contributed by atoms with E-state index in [2.05, 4.69) is 10.2 Å². The Morgan fingerprint density at radius 1 is 1.03 bits per heavy atom. The van der Waals surface area contributed by atoms with Crippen LogP contribution in [0.4, 0.5) is 0 Å². The topological polar surface area (TPSA) is 52.2 Å². The average molecular weight is 465 g/mol. The quantitative estimate of drug-likeness (QED) is 0.328. The van der Waals surface area contributed by atoms with Gasteiger partial charge in [0.1, 0.15) is 4.83 Å². The molecule has 3 heterocycles. The van der Waals surface area contributed by atoms with Crippen LogP contribution in [0.15, 0.2) is 64.5 Å². The smallest absolute Gasteiger partial charge is 0.268 e. The summed E-state index contributed by atoms with van der Waals surface area (Å²) >= 11 is 9.65. The van der Waals surface area contributed by atoms with Gasteiger partial charge in [-0.2, -0.15) is 0 Å². The second-order valence-corrected chi connectivity index (χ2v) is 9.94. The molecular formula is C23H17ClN4OS2. The molecule has 5 nitrogen and oxygen atoms in total. The first-order valence-electron chi connectivity index (χ1n) is 10.1. The minimum absolute atomic E-state index is 0.0110. The molecule has 0 fully saturated rings. The molecule has 3 aromatic heterocycles. The Bertz CT molecular complexity index is 1500. The molecule has 31 heavy (non-hydrogen) atoms. The first-order chi connectivity index (χ1) is 15.2. The molecule has 0 bridgehead atoms. The van der Waals surface area contributed by atoms with E-state index in [1.54, 1.807) is 27.7 Å². The summed E-state index contributed by atoms with van der Waals surface area (Å²) in [7, 11) is 0. The van der Waals surface area contributed by atoms with Crippen LogP contribution in [0, 0.1) is 0 Å². The van der Waals surface area contributed by atoms with Gasteiger partial charge in [-0.1, -0.05) is 59.8 Å². The maximum atomic E-state index is 13.7. The number of hydrogen-bond donors (Lipinski definition) is 0. The van der Waals surface area contributed by atoms with Crippen LogP contribution in [0.1, 0.15) is 22.4 Å². The third kappa shape index (κ3) is 3.03. The molecule has 0 amide bonds. The van der Waals surface area contributed by atoms with Gasteiger partial charge in [0.25, 0.3) is 5.56 Å². The Hall–Kier alpha value is -2.61. The summed E-state index contributed by atoms with van der Waals surface area (Å²) in [6.45, 7) is 0. The first kappa shape index (κ1) is 19.1. The molecule has 0 saturated heterocycles. The molecule has 6 rings (SSSR count). The van der Waals surface area contributed by atoms with Crippen LogP contribution in [-0.2, 0) is 18.6 Å². The number of aromatic nitrogens is 4. The second-order valence-electron chi connectivity index (χ2n) is 7.51. The summed E-state index contributed by atoms with van der Waals surface area (Å²) < 4.78 is 3.74. The monoisotopic (exact) mass is 464 g/mol. The van der Waals surface area contributed by atoms with E-state index >= 15 is 0 Å². The van der Waals surface area contributed by atoms with E-state index in [0.717, 1.165) is 50.9 Å². The summed E-state index contributed by atoms with van der Waals surface area (Å²) in [5.41, 5.74) is 3.04. The van der Waals surface area contributed by atoms with Crippen LogP contribution in [0.25, 0.3) is 21.7 Å².